The second-order valence-electron chi connectivity index (χ2n) is 5.17. The Labute approximate surface area is 117 Å². The molecule has 0 aliphatic rings. The molecular weight excluding hydrogens is 256 g/mol. The van der Waals surface area contributed by atoms with Gasteiger partial charge in [-0.3, -0.25) is 4.79 Å². The van der Waals surface area contributed by atoms with E-state index in [4.69, 9.17) is 10.3 Å². The summed E-state index contributed by atoms with van der Waals surface area (Å²) in [7, 11) is 1.76. The molecular formula is C14H20N4O2. The third-order valence-corrected chi connectivity index (χ3v) is 3.20. The Morgan fingerprint density at radius 2 is 2.25 bits per heavy atom. The van der Waals surface area contributed by atoms with Crippen LogP contribution in [-0.4, -0.2) is 41.1 Å². The zero-order chi connectivity index (χ0) is 14.7. The number of fused-ring (bicyclic) bond motifs is 1. The van der Waals surface area contributed by atoms with E-state index in [1.54, 1.807) is 18.0 Å². The topological polar surface area (TPSA) is 85.2 Å². The number of aromatic nitrogens is 2. The maximum Gasteiger partial charge on any atom is 0.257 e. The van der Waals surface area contributed by atoms with Crippen molar-refractivity contribution in [3.63, 3.8) is 0 Å². The highest BCUT2D eigenvalue weighted by Gasteiger charge is 2.17. The van der Waals surface area contributed by atoms with E-state index in [-0.39, 0.29) is 11.8 Å². The van der Waals surface area contributed by atoms with Crippen LogP contribution in [0.1, 0.15) is 42.2 Å². The number of pyridine rings is 1. The van der Waals surface area contributed by atoms with Gasteiger partial charge in [0.05, 0.1) is 16.6 Å². The molecule has 0 fully saturated rings. The van der Waals surface area contributed by atoms with Crippen molar-refractivity contribution >= 4 is 17.0 Å². The van der Waals surface area contributed by atoms with Crippen LogP contribution in [0.2, 0.25) is 0 Å². The van der Waals surface area contributed by atoms with Crippen LogP contribution >= 0.6 is 0 Å². The number of hydrogen-bond acceptors (Lipinski definition) is 5. The van der Waals surface area contributed by atoms with Gasteiger partial charge in [-0.05, 0) is 24.9 Å². The van der Waals surface area contributed by atoms with Gasteiger partial charge in [0.25, 0.3) is 11.6 Å². The molecule has 108 valence electrons. The molecule has 0 spiro atoms. The molecule has 0 saturated heterocycles. The second kappa shape index (κ2) is 6.00. The van der Waals surface area contributed by atoms with Gasteiger partial charge < -0.3 is 15.2 Å². The van der Waals surface area contributed by atoms with Gasteiger partial charge in [0.2, 0.25) is 0 Å². The van der Waals surface area contributed by atoms with Crippen molar-refractivity contribution in [3.05, 3.63) is 23.5 Å². The number of rotatable bonds is 5. The fourth-order valence-electron chi connectivity index (χ4n) is 2.03. The van der Waals surface area contributed by atoms with Gasteiger partial charge in [0.1, 0.15) is 0 Å². The van der Waals surface area contributed by atoms with Crippen LogP contribution in [0, 0.1) is 0 Å². The zero-order valence-electron chi connectivity index (χ0n) is 12.1. The summed E-state index contributed by atoms with van der Waals surface area (Å²) >= 11 is 0. The number of carbonyl (C=O) groups is 1. The lowest BCUT2D eigenvalue weighted by molar-refractivity contribution is 0.0794. The average molecular weight is 276 g/mol. The van der Waals surface area contributed by atoms with E-state index in [2.05, 4.69) is 10.1 Å². The van der Waals surface area contributed by atoms with Crippen LogP contribution < -0.4 is 5.73 Å². The van der Waals surface area contributed by atoms with Crippen LogP contribution in [0.15, 0.2) is 16.8 Å². The first-order valence-corrected chi connectivity index (χ1v) is 6.75. The minimum absolute atomic E-state index is 0.0660. The molecule has 6 heteroatoms. The van der Waals surface area contributed by atoms with E-state index in [0.717, 1.165) is 17.5 Å². The third-order valence-electron chi connectivity index (χ3n) is 3.20. The number of nitrogens with two attached hydrogens (primary N) is 1. The molecule has 0 radical (unpaired) electrons. The zero-order valence-corrected chi connectivity index (χ0v) is 12.1. The average Bonchev–Trinajstić information content (AvgIpc) is 2.86. The Morgan fingerprint density at radius 3 is 2.90 bits per heavy atom. The van der Waals surface area contributed by atoms with Crippen LogP contribution in [0.25, 0.3) is 11.1 Å². The van der Waals surface area contributed by atoms with Crippen LogP contribution in [0.3, 0.4) is 0 Å². The summed E-state index contributed by atoms with van der Waals surface area (Å²) in [5.74, 6) is 0.155. The summed E-state index contributed by atoms with van der Waals surface area (Å²) in [6.45, 7) is 5.25. The van der Waals surface area contributed by atoms with Crippen molar-refractivity contribution in [2.24, 2.45) is 5.73 Å². The Bertz CT molecular complexity index is 606. The first-order valence-electron chi connectivity index (χ1n) is 6.75. The van der Waals surface area contributed by atoms with Crippen molar-refractivity contribution in [2.75, 3.05) is 20.1 Å². The van der Waals surface area contributed by atoms with Gasteiger partial charge in [-0.25, -0.2) is 4.98 Å². The van der Waals surface area contributed by atoms with E-state index in [1.165, 1.54) is 6.20 Å². The Morgan fingerprint density at radius 1 is 1.50 bits per heavy atom. The fourth-order valence-corrected chi connectivity index (χ4v) is 2.03. The molecule has 2 heterocycles. The van der Waals surface area contributed by atoms with E-state index in [1.807, 2.05) is 13.8 Å². The Hall–Kier alpha value is -1.95. The highest BCUT2D eigenvalue weighted by molar-refractivity contribution is 5.96. The Kier molecular flexibility index (Phi) is 4.34. The van der Waals surface area contributed by atoms with Gasteiger partial charge in [-0.2, -0.15) is 0 Å². The van der Waals surface area contributed by atoms with Crippen molar-refractivity contribution in [3.8, 4) is 0 Å². The summed E-state index contributed by atoms with van der Waals surface area (Å²) < 4.78 is 5.17. The van der Waals surface area contributed by atoms with E-state index in [9.17, 15) is 4.79 Å². The summed E-state index contributed by atoms with van der Waals surface area (Å²) in [6, 6.07) is 1.80. The Balaban J connectivity index is 2.30. The molecule has 0 aromatic carbocycles. The first kappa shape index (κ1) is 14.5. The largest absolute Gasteiger partial charge is 0.342 e. The molecule has 20 heavy (non-hydrogen) atoms. The summed E-state index contributed by atoms with van der Waals surface area (Å²) in [5.41, 5.74) is 7.30. The lowest BCUT2D eigenvalue weighted by Gasteiger charge is -2.16. The molecule has 1 amide bonds. The predicted octanol–water partition coefficient (Wildman–Crippen LogP) is 1.77. The molecule has 0 aliphatic heterocycles. The molecule has 0 unspecified atom stereocenters. The van der Waals surface area contributed by atoms with E-state index in [0.29, 0.717) is 24.4 Å². The number of hydrogen-bond donors (Lipinski definition) is 1. The first-order chi connectivity index (χ1) is 9.54. The highest BCUT2D eigenvalue weighted by Crippen LogP contribution is 2.24. The van der Waals surface area contributed by atoms with E-state index < -0.39 is 0 Å². The van der Waals surface area contributed by atoms with Gasteiger partial charge >= 0.3 is 0 Å². The lowest BCUT2D eigenvalue weighted by atomic mass is 10.1. The standard InChI is InChI=1S/C14H20N4O2/c1-9(2)12-11-7-10(8-16-13(11)20-17-12)14(19)18(3)6-4-5-15/h7-9H,4-6,15H2,1-3H3. The minimum Gasteiger partial charge on any atom is -0.342 e. The van der Waals surface area contributed by atoms with Crippen LogP contribution in [-0.2, 0) is 0 Å². The maximum absolute atomic E-state index is 12.3. The van der Waals surface area contributed by atoms with Gasteiger partial charge in [-0.15, -0.1) is 0 Å². The second-order valence-corrected chi connectivity index (χ2v) is 5.17. The quantitative estimate of drug-likeness (QED) is 0.899. The highest BCUT2D eigenvalue weighted by atomic mass is 16.5. The normalized spacial score (nSPS) is 11.2. The molecule has 0 aliphatic carbocycles. The smallest absolute Gasteiger partial charge is 0.257 e. The molecule has 6 nitrogen and oxygen atoms in total. The fraction of sp³-hybridized carbons (Fsp3) is 0.500. The van der Waals surface area contributed by atoms with Crippen molar-refractivity contribution in [1.29, 1.82) is 0 Å². The number of nitrogens with zero attached hydrogens (tertiary/aromatic N) is 3. The minimum atomic E-state index is -0.0660. The lowest BCUT2D eigenvalue weighted by Crippen LogP contribution is -2.29. The number of amides is 1. The van der Waals surface area contributed by atoms with Gasteiger partial charge in [0.15, 0.2) is 0 Å². The molecule has 2 rings (SSSR count). The van der Waals surface area contributed by atoms with Crippen LogP contribution in [0.4, 0.5) is 0 Å². The monoisotopic (exact) mass is 276 g/mol. The summed E-state index contributed by atoms with van der Waals surface area (Å²) in [6.07, 6.45) is 2.31. The third kappa shape index (κ3) is 2.80. The summed E-state index contributed by atoms with van der Waals surface area (Å²) in [4.78, 5) is 18.1. The SMILES string of the molecule is CC(C)c1noc2ncc(C(=O)N(C)CCCN)cc12. The predicted molar refractivity (Wildman–Crippen MR) is 76.5 cm³/mol. The molecule has 0 saturated carbocycles. The van der Waals surface area contributed by atoms with E-state index >= 15 is 0 Å². The molecule has 2 aromatic rings. The van der Waals surface area contributed by atoms with Crippen molar-refractivity contribution < 1.29 is 9.32 Å². The molecule has 2 N–H and O–H groups in total. The molecule has 0 bridgehead atoms. The number of carbonyl (C=O) groups excluding carboxylic acids is 1. The summed E-state index contributed by atoms with van der Waals surface area (Å²) in [5, 5.41) is 4.81. The molecule has 0 atom stereocenters. The van der Waals surface area contributed by atoms with Gasteiger partial charge in [0, 0.05) is 19.8 Å². The van der Waals surface area contributed by atoms with Crippen molar-refractivity contribution in [1.82, 2.24) is 15.0 Å². The van der Waals surface area contributed by atoms with Crippen molar-refractivity contribution in [2.45, 2.75) is 26.2 Å². The van der Waals surface area contributed by atoms with Crippen LogP contribution in [0.5, 0.6) is 0 Å². The molecule has 2 aromatic heterocycles. The van der Waals surface area contributed by atoms with Gasteiger partial charge in [-0.1, -0.05) is 19.0 Å². The maximum atomic E-state index is 12.3.